The number of hydrogen-bond acceptors (Lipinski definition) is 4. The molecule has 0 spiro atoms. The number of amides is 1. The monoisotopic (exact) mass is 411 g/mol. The van der Waals surface area contributed by atoms with Gasteiger partial charge in [-0.05, 0) is 50.1 Å². The Balaban J connectivity index is 1.58. The Hall–Kier alpha value is -2.80. The molecule has 2 heterocycles. The van der Waals surface area contributed by atoms with Crippen LogP contribution >= 0.6 is 0 Å². The van der Waals surface area contributed by atoms with E-state index in [2.05, 4.69) is 40.8 Å². The zero-order valence-electron chi connectivity index (χ0n) is 18.1. The van der Waals surface area contributed by atoms with Crippen LogP contribution in [0.5, 0.6) is 0 Å². The van der Waals surface area contributed by atoms with Crippen LogP contribution in [0.1, 0.15) is 36.7 Å². The minimum Gasteiger partial charge on any atom is -0.468 e. The lowest BCUT2D eigenvalue weighted by atomic mass is 10.1. The van der Waals surface area contributed by atoms with Crippen LogP contribution in [0.2, 0.25) is 0 Å². The summed E-state index contributed by atoms with van der Waals surface area (Å²) in [5.74, 6) is 1.76. The van der Waals surface area contributed by atoms with Crippen molar-refractivity contribution in [3.63, 3.8) is 0 Å². The van der Waals surface area contributed by atoms with E-state index in [9.17, 15) is 4.79 Å². The summed E-state index contributed by atoms with van der Waals surface area (Å²) in [6, 6.07) is 12.2. The molecule has 1 fully saturated rings. The van der Waals surface area contributed by atoms with E-state index in [4.69, 9.17) is 9.41 Å². The number of rotatable bonds is 9. The summed E-state index contributed by atoms with van der Waals surface area (Å²) in [5.41, 5.74) is 2.41. The lowest BCUT2D eigenvalue weighted by molar-refractivity contribution is -0.128. The van der Waals surface area contributed by atoms with E-state index < -0.39 is 0 Å². The maximum atomic E-state index is 12.3. The van der Waals surface area contributed by atoms with Gasteiger partial charge in [-0.3, -0.25) is 9.69 Å². The molecule has 1 aromatic carbocycles. The number of furan rings is 1. The Morgan fingerprint density at radius 1 is 1.10 bits per heavy atom. The third-order valence-electron chi connectivity index (χ3n) is 5.18. The minimum absolute atomic E-state index is 0.137. The smallest absolute Gasteiger partial charge is 0.241 e. The molecule has 1 saturated heterocycles. The van der Waals surface area contributed by atoms with Gasteiger partial charge in [0.15, 0.2) is 5.96 Å². The Morgan fingerprint density at radius 3 is 2.57 bits per heavy atom. The summed E-state index contributed by atoms with van der Waals surface area (Å²) in [6.45, 7) is 6.91. The van der Waals surface area contributed by atoms with Crippen molar-refractivity contribution < 1.29 is 9.21 Å². The van der Waals surface area contributed by atoms with E-state index in [0.717, 1.165) is 51.3 Å². The standard InChI is InChI=1S/C23H33N5O2/c1-3-24-23(26-16-22(29)28-12-6-7-13-28)25-15-19-9-4-5-10-20(19)17-27(2)18-21-11-8-14-30-21/h4-5,8-11,14H,3,6-7,12-13,15-18H2,1-2H3,(H2,24,25,26). The molecule has 0 saturated carbocycles. The van der Waals surface area contributed by atoms with E-state index in [1.165, 1.54) is 11.1 Å². The summed E-state index contributed by atoms with van der Waals surface area (Å²) in [6.07, 6.45) is 3.91. The van der Waals surface area contributed by atoms with Crippen molar-refractivity contribution in [2.75, 3.05) is 33.2 Å². The molecule has 30 heavy (non-hydrogen) atoms. The summed E-state index contributed by atoms with van der Waals surface area (Å²) in [4.78, 5) is 21.2. The summed E-state index contributed by atoms with van der Waals surface area (Å²) in [5, 5.41) is 6.42. The molecule has 1 aromatic heterocycles. The van der Waals surface area contributed by atoms with Crippen LogP contribution in [0.4, 0.5) is 0 Å². The fourth-order valence-electron chi connectivity index (χ4n) is 3.62. The number of likely N-dealkylation sites (tertiary alicyclic amines) is 1. The second kappa shape index (κ2) is 11.4. The number of nitrogens with one attached hydrogen (secondary N) is 2. The van der Waals surface area contributed by atoms with Gasteiger partial charge in [0.05, 0.1) is 25.9 Å². The molecule has 2 N–H and O–H groups in total. The Labute approximate surface area is 179 Å². The third kappa shape index (κ3) is 6.62. The van der Waals surface area contributed by atoms with Crippen molar-refractivity contribution in [1.82, 2.24) is 20.4 Å². The topological polar surface area (TPSA) is 73.1 Å². The highest BCUT2D eigenvalue weighted by molar-refractivity contribution is 5.86. The minimum atomic E-state index is 0.137. The maximum absolute atomic E-state index is 12.3. The fourth-order valence-corrected chi connectivity index (χ4v) is 3.62. The van der Waals surface area contributed by atoms with Gasteiger partial charge in [-0.15, -0.1) is 0 Å². The number of carbonyl (C=O) groups excluding carboxylic acids is 1. The van der Waals surface area contributed by atoms with E-state index >= 15 is 0 Å². The molecule has 0 atom stereocenters. The van der Waals surface area contributed by atoms with Gasteiger partial charge >= 0.3 is 0 Å². The zero-order valence-corrected chi connectivity index (χ0v) is 18.1. The molecular formula is C23H33N5O2. The first-order valence-corrected chi connectivity index (χ1v) is 10.7. The first-order valence-electron chi connectivity index (χ1n) is 10.7. The average Bonchev–Trinajstić information content (AvgIpc) is 3.45. The lowest BCUT2D eigenvalue weighted by Crippen LogP contribution is -2.44. The molecule has 162 valence electrons. The van der Waals surface area contributed by atoms with Gasteiger partial charge in [-0.1, -0.05) is 24.3 Å². The summed E-state index contributed by atoms with van der Waals surface area (Å²) in [7, 11) is 2.08. The Kier molecular flexibility index (Phi) is 8.32. The van der Waals surface area contributed by atoms with Gasteiger partial charge < -0.3 is 20.0 Å². The van der Waals surface area contributed by atoms with E-state index in [0.29, 0.717) is 12.5 Å². The average molecular weight is 412 g/mol. The molecule has 1 amide bonds. The quantitative estimate of drug-likeness (QED) is 0.490. The van der Waals surface area contributed by atoms with Crippen molar-refractivity contribution in [2.45, 2.75) is 39.4 Å². The first kappa shape index (κ1) is 21.9. The van der Waals surface area contributed by atoms with Crippen LogP contribution in [0.15, 0.2) is 52.1 Å². The van der Waals surface area contributed by atoms with Gasteiger partial charge in [0.1, 0.15) is 5.76 Å². The third-order valence-corrected chi connectivity index (χ3v) is 5.18. The van der Waals surface area contributed by atoms with Gasteiger partial charge in [0, 0.05) is 26.2 Å². The Morgan fingerprint density at radius 2 is 1.87 bits per heavy atom. The summed E-state index contributed by atoms with van der Waals surface area (Å²) >= 11 is 0. The van der Waals surface area contributed by atoms with Crippen LogP contribution in [0.3, 0.4) is 0 Å². The van der Waals surface area contributed by atoms with Crippen LogP contribution < -0.4 is 10.6 Å². The molecule has 0 aliphatic carbocycles. The predicted octanol–water partition coefficient (Wildman–Crippen LogP) is 2.59. The highest BCUT2D eigenvalue weighted by Crippen LogP contribution is 2.14. The molecule has 0 radical (unpaired) electrons. The number of hydrogen-bond donors (Lipinski definition) is 2. The van der Waals surface area contributed by atoms with Crippen molar-refractivity contribution in [3.8, 4) is 0 Å². The number of benzene rings is 1. The Bertz CT molecular complexity index is 813. The highest BCUT2D eigenvalue weighted by atomic mass is 16.3. The van der Waals surface area contributed by atoms with Crippen LogP contribution in [0, 0.1) is 0 Å². The second-order valence-corrected chi connectivity index (χ2v) is 7.66. The molecule has 7 nitrogen and oxygen atoms in total. The van der Waals surface area contributed by atoms with Gasteiger partial charge in [-0.25, -0.2) is 4.99 Å². The van der Waals surface area contributed by atoms with Gasteiger partial charge in [-0.2, -0.15) is 0 Å². The number of nitrogens with zero attached hydrogens (tertiary/aromatic N) is 3. The number of aliphatic imine (C=N–C) groups is 1. The van der Waals surface area contributed by atoms with Gasteiger partial charge in [0.2, 0.25) is 5.91 Å². The molecule has 3 rings (SSSR count). The molecule has 0 bridgehead atoms. The van der Waals surface area contributed by atoms with Crippen LogP contribution in [0.25, 0.3) is 0 Å². The first-order chi connectivity index (χ1) is 14.7. The highest BCUT2D eigenvalue weighted by Gasteiger charge is 2.17. The van der Waals surface area contributed by atoms with E-state index in [-0.39, 0.29) is 12.5 Å². The second-order valence-electron chi connectivity index (χ2n) is 7.66. The van der Waals surface area contributed by atoms with Crippen LogP contribution in [-0.2, 0) is 24.4 Å². The molecule has 1 aliphatic heterocycles. The largest absolute Gasteiger partial charge is 0.468 e. The van der Waals surface area contributed by atoms with Crippen molar-refractivity contribution in [3.05, 3.63) is 59.5 Å². The summed E-state index contributed by atoms with van der Waals surface area (Å²) < 4.78 is 5.45. The zero-order chi connectivity index (χ0) is 21.2. The normalized spacial score (nSPS) is 14.4. The van der Waals surface area contributed by atoms with Crippen LogP contribution in [-0.4, -0.2) is 54.9 Å². The predicted molar refractivity (Wildman–Crippen MR) is 119 cm³/mol. The van der Waals surface area contributed by atoms with Crippen molar-refractivity contribution >= 4 is 11.9 Å². The lowest BCUT2D eigenvalue weighted by Gasteiger charge is -2.18. The van der Waals surface area contributed by atoms with E-state index in [1.807, 2.05) is 30.0 Å². The fraction of sp³-hybridized carbons (Fsp3) is 0.478. The SMILES string of the molecule is CCNC(=NCc1ccccc1CN(C)Cc1ccco1)NCC(=O)N1CCCC1. The molecule has 7 heteroatoms. The number of guanidine groups is 1. The molecule has 2 aromatic rings. The molecule has 1 aliphatic rings. The number of carbonyl (C=O) groups is 1. The molecular weight excluding hydrogens is 378 g/mol. The van der Waals surface area contributed by atoms with Gasteiger partial charge in [0.25, 0.3) is 0 Å². The van der Waals surface area contributed by atoms with Crippen molar-refractivity contribution in [1.29, 1.82) is 0 Å². The van der Waals surface area contributed by atoms with E-state index in [1.54, 1.807) is 6.26 Å². The maximum Gasteiger partial charge on any atom is 0.241 e. The van der Waals surface area contributed by atoms with Crippen molar-refractivity contribution in [2.24, 2.45) is 4.99 Å². The molecule has 0 unspecified atom stereocenters.